The Morgan fingerprint density at radius 1 is 1.05 bits per heavy atom. The first-order valence-electron chi connectivity index (χ1n) is 21.2. The molecule has 2 fully saturated rings. The number of amides is 1. The average Bonchev–Trinajstić information content (AvgIpc) is 4.05. The maximum absolute atomic E-state index is 14.1. The van der Waals surface area contributed by atoms with Crippen LogP contribution in [0.3, 0.4) is 0 Å². The molecule has 0 unspecified atom stereocenters. The number of hydrogen-bond donors (Lipinski definition) is 2. The summed E-state index contributed by atoms with van der Waals surface area (Å²) in [4.78, 5) is 44.6. The number of esters is 1. The SMILES string of the molecule is CC(=O)O[C@H](CN(CC(F)F)S(=O)(=O)c1ccc2ncsc2c1)[C@H](Cc1ccccc1)NC(=O)O[C@H]1CO[C@@]2(COc3ccc(-c4sc5c(c4C(=O)O)CC(C)(C)CC5)cc3)OCC[C@@H]12. The minimum atomic E-state index is -4.58. The monoisotopic (exact) mass is 953 g/mol. The number of benzene rings is 3. The van der Waals surface area contributed by atoms with E-state index in [2.05, 4.69) is 24.1 Å². The van der Waals surface area contributed by atoms with E-state index < -0.39 is 77.5 Å². The quantitative estimate of drug-likeness (QED) is 0.0860. The molecule has 65 heavy (non-hydrogen) atoms. The topological polar surface area (TPSA) is 180 Å². The summed E-state index contributed by atoms with van der Waals surface area (Å²) < 4.78 is 87.4. The number of carboxylic acid groups (broad SMARTS) is 1. The third kappa shape index (κ3) is 10.3. The highest BCUT2D eigenvalue weighted by Crippen LogP contribution is 2.46. The van der Waals surface area contributed by atoms with Crippen LogP contribution in [0.15, 0.2) is 83.2 Å². The van der Waals surface area contributed by atoms with Crippen molar-refractivity contribution >= 4 is 60.9 Å². The Morgan fingerprint density at radius 2 is 1.82 bits per heavy atom. The second-order valence-electron chi connectivity index (χ2n) is 17.3. The lowest BCUT2D eigenvalue weighted by Crippen LogP contribution is -2.53. The van der Waals surface area contributed by atoms with Crippen LogP contribution in [-0.4, -0.2) is 104 Å². The molecule has 3 aromatic carbocycles. The number of carbonyl (C=O) groups is 3. The second kappa shape index (κ2) is 19.0. The molecule has 1 amide bonds. The molecule has 2 aromatic heterocycles. The number of aromatic nitrogens is 1. The third-order valence-electron chi connectivity index (χ3n) is 12.1. The van der Waals surface area contributed by atoms with E-state index in [1.165, 1.54) is 46.4 Å². The molecular formula is C46H49F2N3O11S3. The number of rotatable bonds is 17. The molecule has 2 N–H and O–H groups in total. The van der Waals surface area contributed by atoms with Crippen LogP contribution < -0.4 is 10.1 Å². The number of halogens is 2. The fraction of sp³-hybridized carbons (Fsp3) is 0.435. The second-order valence-corrected chi connectivity index (χ2v) is 21.2. The average molecular weight is 954 g/mol. The standard InChI is InChI=1S/C46H49F2N3O11S3/c1-27(52)61-36(22-51(23-40(47)48)65(56,57)31-13-14-34-39(20-31)63-26-49-34)35(19-28-7-5-4-6-8-28)50-44(55)62-37-24-60-46(33(37)16-18-59-46)25-58-30-11-9-29(10-12-30)42-41(43(53)54)32-21-45(2,3)17-15-38(32)64-42/h4-14,20,26,33,35-37,40H,15-19,21-25H2,1-3H3,(H,50,55)(H,53,54)/t33-,35-,36+,37-,46+/m0/s1. The van der Waals surface area contributed by atoms with Gasteiger partial charge in [0.05, 0.1) is 64.4 Å². The zero-order valence-corrected chi connectivity index (χ0v) is 38.3. The largest absolute Gasteiger partial charge is 0.488 e. The lowest BCUT2D eigenvalue weighted by molar-refractivity contribution is -0.212. The van der Waals surface area contributed by atoms with Crippen molar-refractivity contribution in [1.29, 1.82) is 0 Å². The van der Waals surface area contributed by atoms with Crippen LogP contribution >= 0.6 is 22.7 Å². The number of alkyl halides is 2. The number of thiazole rings is 1. The van der Waals surface area contributed by atoms with Crippen molar-refractivity contribution < 1.29 is 60.4 Å². The maximum Gasteiger partial charge on any atom is 0.407 e. The van der Waals surface area contributed by atoms with Crippen LogP contribution in [0.4, 0.5) is 13.6 Å². The number of alkyl carbamates (subject to hydrolysis) is 1. The van der Waals surface area contributed by atoms with E-state index in [0.29, 0.717) is 55.7 Å². The minimum absolute atomic E-state index is 0.0121. The molecule has 8 rings (SSSR count). The van der Waals surface area contributed by atoms with Crippen LogP contribution in [0.2, 0.25) is 0 Å². The number of carbonyl (C=O) groups excluding carboxylic acids is 2. The normalized spacial score (nSPS) is 21.2. The van der Waals surface area contributed by atoms with E-state index in [-0.39, 0.29) is 29.9 Å². The molecule has 3 aliphatic rings. The Morgan fingerprint density at radius 3 is 2.54 bits per heavy atom. The number of sulfonamides is 1. The summed E-state index contributed by atoms with van der Waals surface area (Å²) in [5.74, 6) is -2.98. The van der Waals surface area contributed by atoms with Gasteiger partial charge in [0.15, 0.2) is 0 Å². The van der Waals surface area contributed by atoms with Gasteiger partial charge in [0.25, 0.3) is 6.43 Å². The molecule has 0 bridgehead atoms. The summed E-state index contributed by atoms with van der Waals surface area (Å²) in [6.07, 6.45) is -3.25. The van der Waals surface area contributed by atoms with Crippen LogP contribution in [0, 0.1) is 11.3 Å². The van der Waals surface area contributed by atoms with Crippen molar-refractivity contribution in [3.05, 3.63) is 99.9 Å². The van der Waals surface area contributed by atoms with E-state index in [1.54, 1.807) is 42.5 Å². The predicted octanol–water partition coefficient (Wildman–Crippen LogP) is 7.97. The number of nitrogens with one attached hydrogen (secondary N) is 1. The van der Waals surface area contributed by atoms with Crippen molar-refractivity contribution in [1.82, 2.24) is 14.6 Å². The van der Waals surface area contributed by atoms with Gasteiger partial charge in [0.2, 0.25) is 15.8 Å². The number of nitrogens with zero attached hydrogens (tertiary/aromatic N) is 2. The number of thiophene rings is 1. The molecule has 5 atom stereocenters. The third-order valence-corrected chi connectivity index (χ3v) is 16.1. The van der Waals surface area contributed by atoms with Gasteiger partial charge in [0, 0.05) is 16.7 Å². The van der Waals surface area contributed by atoms with E-state index >= 15 is 0 Å². The van der Waals surface area contributed by atoms with Crippen molar-refractivity contribution in [3.8, 4) is 16.2 Å². The molecule has 4 heterocycles. The fourth-order valence-electron chi connectivity index (χ4n) is 8.88. The number of carboxylic acids is 1. The van der Waals surface area contributed by atoms with Gasteiger partial charge in [-0.3, -0.25) is 4.79 Å². The van der Waals surface area contributed by atoms with Crippen molar-refractivity contribution in [2.45, 2.75) is 88.2 Å². The van der Waals surface area contributed by atoms with Crippen molar-refractivity contribution in [2.24, 2.45) is 11.3 Å². The van der Waals surface area contributed by atoms with E-state index in [1.807, 2.05) is 12.1 Å². The van der Waals surface area contributed by atoms with Gasteiger partial charge >= 0.3 is 18.0 Å². The van der Waals surface area contributed by atoms with Gasteiger partial charge in [-0.25, -0.2) is 31.8 Å². The van der Waals surface area contributed by atoms with E-state index in [9.17, 15) is 36.7 Å². The molecule has 14 nitrogen and oxygen atoms in total. The maximum atomic E-state index is 14.1. The molecule has 0 saturated carbocycles. The van der Waals surface area contributed by atoms with E-state index in [0.717, 1.165) is 35.8 Å². The van der Waals surface area contributed by atoms with E-state index in [4.69, 9.17) is 23.7 Å². The van der Waals surface area contributed by atoms with Crippen LogP contribution in [0.1, 0.15) is 60.0 Å². The number of ether oxygens (including phenoxy) is 5. The van der Waals surface area contributed by atoms with Gasteiger partial charge in [0.1, 0.15) is 24.6 Å². The van der Waals surface area contributed by atoms with Gasteiger partial charge in [-0.2, -0.15) is 4.31 Å². The zero-order chi connectivity index (χ0) is 46.1. The molecule has 346 valence electrons. The molecule has 0 spiro atoms. The lowest BCUT2D eigenvalue weighted by atomic mass is 9.76. The van der Waals surface area contributed by atoms with Gasteiger partial charge in [-0.15, -0.1) is 22.7 Å². The highest BCUT2D eigenvalue weighted by Gasteiger charge is 2.57. The summed E-state index contributed by atoms with van der Waals surface area (Å²) in [5, 5.41) is 13.0. The first-order valence-corrected chi connectivity index (χ1v) is 24.3. The summed E-state index contributed by atoms with van der Waals surface area (Å²) in [7, 11) is -4.58. The molecule has 2 aliphatic heterocycles. The van der Waals surface area contributed by atoms with Crippen LogP contribution in [0.25, 0.3) is 20.7 Å². The summed E-state index contributed by atoms with van der Waals surface area (Å²) >= 11 is 2.72. The Bertz CT molecular complexity index is 2640. The molecule has 1 aliphatic carbocycles. The highest BCUT2D eigenvalue weighted by atomic mass is 32.2. The molecule has 19 heteroatoms. The summed E-state index contributed by atoms with van der Waals surface area (Å²) in [5.41, 5.74) is 4.83. The first-order chi connectivity index (χ1) is 31.0. The first kappa shape index (κ1) is 46.5. The number of fused-ring (bicyclic) bond motifs is 3. The molecule has 2 saturated heterocycles. The Hall–Kier alpha value is -5.05. The van der Waals surface area contributed by atoms with Crippen molar-refractivity contribution in [2.75, 3.05) is 32.9 Å². The molecule has 0 radical (unpaired) electrons. The lowest BCUT2D eigenvalue weighted by Gasteiger charge is -2.32. The van der Waals surface area contributed by atoms with Gasteiger partial charge in [-0.05, 0) is 96.7 Å². The fourth-order valence-corrected chi connectivity index (χ4v) is 12.4. The molecular weight excluding hydrogens is 905 g/mol. The smallest absolute Gasteiger partial charge is 0.407 e. The number of hydrogen-bond acceptors (Lipinski definition) is 13. The minimum Gasteiger partial charge on any atom is -0.488 e. The summed E-state index contributed by atoms with van der Waals surface area (Å²) in [6.45, 7) is 3.70. The Kier molecular flexibility index (Phi) is 13.6. The summed E-state index contributed by atoms with van der Waals surface area (Å²) in [6, 6.07) is 19.0. The van der Waals surface area contributed by atoms with Gasteiger partial charge < -0.3 is 34.1 Å². The number of aryl methyl sites for hydroxylation is 1. The zero-order valence-electron chi connectivity index (χ0n) is 35.9. The number of aromatic carboxylic acids is 1. The Labute approximate surface area is 382 Å². The van der Waals surface area contributed by atoms with Gasteiger partial charge in [-0.1, -0.05) is 44.2 Å². The van der Waals surface area contributed by atoms with Crippen LogP contribution in [0.5, 0.6) is 5.75 Å². The Balaban J connectivity index is 0.964. The predicted molar refractivity (Wildman–Crippen MR) is 238 cm³/mol. The van der Waals surface area contributed by atoms with Crippen LogP contribution in [-0.2, 0) is 53.0 Å². The van der Waals surface area contributed by atoms with Crippen molar-refractivity contribution in [3.63, 3.8) is 0 Å². The highest BCUT2D eigenvalue weighted by molar-refractivity contribution is 7.89. The molecule has 5 aromatic rings.